The zero-order valence-electron chi connectivity index (χ0n) is 13.9. The van der Waals surface area contributed by atoms with Gasteiger partial charge in [-0.1, -0.05) is 6.07 Å². The number of carbonyl (C=O) groups excluding carboxylic acids is 1. The first-order valence-corrected chi connectivity index (χ1v) is 9.42. The van der Waals surface area contributed by atoms with E-state index in [-0.39, 0.29) is 11.8 Å². The van der Waals surface area contributed by atoms with Gasteiger partial charge in [-0.3, -0.25) is 14.6 Å². The highest BCUT2D eigenvalue weighted by atomic mass is 32.1. The molecule has 3 rings (SSSR count). The van der Waals surface area contributed by atoms with Crippen molar-refractivity contribution in [2.75, 3.05) is 46.4 Å². The lowest BCUT2D eigenvalue weighted by Crippen LogP contribution is -2.45. The molecule has 2 aliphatic heterocycles. The van der Waals surface area contributed by atoms with Crippen LogP contribution in [-0.4, -0.2) is 68.2 Å². The van der Waals surface area contributed by atoms with E-state index in [2.05, 4.69) is 32.6 Å². The van der Waals surface area contributed by atoms with Crippen LogP contribution in [0.4, 0.5) is 0 Å². The van der Waals surface area contributed by atoms with E-state index < -0.39 is 0 Å². The van der Waals surface area contributed by atoms with Gasteiger partial charge in [-0.2, -0.15) is 0 Å². The second-order valence-corrected chi connectivity index (χ2v) is 7.50. The van der Waals surface area contributed by atoms with Crippen molar-refractivity contribution in [2.24, 2.45) is 5.92 Å². The van der Waals surface area contributed by atoms with Crippen LogP contribution < -0.4 is 5.32 Å². The summed E-state index contributed by atoms with van der Waals surface area (Å²) in [6.45, 7) is 6.44. The number of hydrogen-bond donors (Lipinski definition) is 1. The summed E-state index contributed by atoms with van der Waals surface area (Å²) in [4.78, 5) is 18.6. The lowest BCUT2D eigenvalue weighted by Gasteiger charge is -2.34. The molecule has 0 bridgehead atoms. The second kappa shape index (κ2) is 8.24. The zero-order valence-corrected chi connectivity index (χ0v) is 14.7. The molecule has 128 valence electrons. The molecule has 0 aliphatic carbocycles. The molecule has 1 aromatic heterocycles. The Hall–Kier alpha value is -0.950. The minimum atomic E-state index is 0.0466. The van der Waals surface area contributed by atoms with E-state index >= 15 is 0 Å². The Bertz CT molecular complexity index is 488. The molecule has 1 aromatic rings. The van der Waals surface area contributed by atoms with Gasteiger partial charge >= 0.3 is 0 Å². The van der Waals surface area contributed by atoms with Crippen molar-refractivity contribution < 1.29 is 9.53 Å². The highest BCUT2D eigenvalue weighted by Crippen LogP contribution is 2.21. The third-order valence-electron chi connectivity index (χ3n) is 4.92. The first-order chi connectivity index (χ1) is 11.3. The van der Waals surface area contributed by atoms with Gasteiger partial charge in [0.2, 0.25) is 5.91 Å². The smallest absolute Gasteiger partial charge is 0.225 e. The van der Waals surface area contributed by atoms with E-state index in [1.54, 1.807) is 18.4 Å². The molecule has 0 saturated carbocycles. The Morgan fingerprint density at radius 2 is 2.17 bits per heavy atom. The van der Waals surface area contributed by atoms with Crippen LogP contribution in [0.15, 0.2) is 17.5 Å². The van der Waals surface area contributed by atoms with Crippen LogP contribution in [0.3, 0.4) is 0 Å². The number of nitrogens with one attached hydrogen (secondary N) is 1. The Balaban J connectivity index is 1.67. The van der Waals surface area contributed by atoms with Gasteiger partial charge in [0, 0.05) is 63.9 Å². The van der Waals surface area contributed by atoms with Gasteiger partial charge in [-0.25, -0.2) is 0 Å². The number of rotatable bonds is 4. The largest absolute Gasteiger partial charge is 0.381 e. The summed E-state index contributed by atoms with van der Waals surface area (Å²) in [5.74, 6) is 0.213. The number of nitrogens with zero attached hydrogens (tertiary/aromatic N) is 2. The van der Waals surface area contributed by atoms with Crippen LogP contribution in [0.2, 0.25) is 0 Å². The second-order valence-electron chi connectivity index (χ2n) is 6.46. The van der Waals surface area contributed by atoms with Crippen LogP contribution in [0, 0.1) is 5.92 Å². The summed E-state index contributed by atoms with van der Waals surface area (Å²) in [5.41, 5.74) is 0. The molecule has 23 heavy (non-hydrogen) atoms. The molecule has 1 amide bonds. The Kier molecular flexibility index (Phi) is 6.05. The standard InChI is InChI=1S/C17H27N3O2S/c1-18-17(21)14-11-19(13-16-3-2-10-23-16)6-7-20(12-14)15-4-8-22-9-5-15/h2-3,10,14-15H,4-9,11-13H2,1H3,(H,18,21)/t14-/m1/s1. The summed E-state index contributed by atoms with van der Waals surface area (Å²) in [6, 6.07) is 4.85. The Morgan fingerprint density at radius 1 is 1.35 bits per heavy atom. The Morgan fingerprint density at radius 3 is 2.87 bits per heavy atom. The SMILES string of the molecule is CNC(=O)[C@@H]1CN(Cc2cccs2)CCN(C2CCOCC2)C1. The predicted molar refractivity (Wildman–Crippen MR) is 92.6 cm³/mol. The maximum absolute atomic E-state index is 12.3. The van der Waals surface area contributed by atoms with Gasteiger partial charge in [0.05, 0.1) is 5.92 Å². The average Bonchev–Trinajstić information content (AvgIpc) is 3.00. The molecule has 0 spiro atoms. The molecule has 0 unspecified atom stereocenters. The van der Waals surface area contributed by atoms with Crippen molar-refractivity contribution in [3.05, 3.63) is 22.4 Å². The molecule has 1 N–H and O–H groups in total. The molecular formula is C17H27N3O2S. The van der Waals surface area contributed by atoms with E-state index in [1.807, 2.05) is 0 Å². The van der Waals surface area contributed by atoms with Crippen LogP contribution in [0.25, 0.3) is 0 Å². The predicted octanol–water partition coefficient (Wildman–Crippen LogP) is 1.41. The van der Waals surface area contributed by atoms with Crippen molar-refractivity contribution >= 4 is 17.2 Å². The molecule has 6 heteroatoms. The third kappa shape index (κ3) is 4.53. The summed E-state index contributed by atoms with van der Waals surface area (Å²) < 4.78 is 5.49. The normalized spacial score (nSPS) is 25.2. The fourth-order valence-corrected chi connectivity index (χ4v) is 4.37. The monoisotopic (exact) mass is 337 g/mol. The van der Waals surface area contributed by atoms with Gasteiger partial charge in [0.15, 0.2) is 0 Å². The van der Waals surface area contributed by atoms with E-state index in [0.717, 1.165) is 58.8 Å². The highest BCUT2D eigenvalue weighted by molar-refractivity contribution is 7.09. The quantitative estimate of drug-likeness (QED) is 0.902. The maximum atomic E-state index is 12.3. The van der Waals surface area contributed by atoms with Crippen LogP contribution in [-0.2, 0) is 16.1 Å². The summed E-state index contributed by atoms with van der Waals surface area (Å²) in [5, 5.41) is 4.97. The number of hydrogen-bond acceptors (Lipinski definition) is 5. The van der Waals surface area contributed by atoms with Crippen molar-refractivity contribution in [3.8, 4) is 0 Å². The lowest BCUT2D eigenvalue weighted by molar-refractivity contribution is -0.125. The lowest BCUT2D eigenvalue weighted by atomic mass is 10.0. The Labute approximate surface area is 142 Å². The van der Waals surface area contributed by atoms with Crippen molar-refractivity contribution in [1.82, 2.24) is 15.1 Å². The summed E-state index contributed by atoms with van der Waals surface area (Å²) in [6.07, 6.45) is 2.18. The average molecular weight is 337 g/mol. The molecule has 0 radical (unpaired) electrons. The molecule has 1 atom stereocenters. The minimum Gasteiger partial charge on any atom is -0.381 e. The van der Waals surface area contributed by atoms with Crippen LogP contribution in [0.1, 0.15) is 17.7 Å². The fraction of sp³-hybridized carbons (Fsp3) is 0.706. The zero-order chi connectivity index (χ0) is 16.1. The van der Waals surface area contributed by atoms with Gasteiger partial charge < -0.3 is 10.1 Å². The number of ether oxygens (including phenoxy) is 1. The topological polar surface area (TPSA) is 44.8 Å². The first-order valence-electron chi connectivity index (χ1n) is 8.54. The minimum absolute atomic E-state index is 0.0466. The maximum Gasteiger partial charge on any atom is 0.225 e. The van der Waals surface area contributed by atoms with Crippen LogP contribution >= 0.6 is 11.3 Å². The van der Waals surface area contributed by atoms with Crippen molar-refractivity contribution in [1.29, 1.82) is 0 Å². The van der Waals surface area contributed by atoms with E-state index in [9.17, 15) is 4.79 Å². The van der Waals surface area contributed by atoms with Crippen molar-refractivity contribution in [3.63, 3.8) is 0 Å². The number of carbonyl (C=O) groups is 1. The van der Waals surface area contributed by atoms with Crippen LogP contribution in [0.5, 0.6) is 0 Å². The molecular weight excluding hydrogens is 310 g/mol. The number of amides is 1. The fourth-order valence-electron chi connectivity index (χ4n) is 3.62. The molecule has 2 saturated heterocycles. The van der Waals surface area contributed by atoms with E-state index in [0.29, 0.717) is 6.04 Å². The van der Waals surface area contributed by atoms with E-state index in [4.69, 9.17) is 4.74 Å². The van der Waals surface area contributed by atoms with Gasteiger partial charge in [-0.15, -0.1) is 11.3 Å². The first kappa shape index (κ1) is 16.9. The summed E-state index contributed by atoms with van der Waals surface area (Å²) in [7, 11) is 1.75. The molecule has 0 aromatic carbocycles. The molecule has 2 fully saturated rings. The highest BCUT2D eigenvalue weighted by Gasteiger charge is 2.31. The molecule has 5 nitrogen and oxygen atoms in total. The van der Waals surface area contributed by atoms with Crippen molar-refractivity contribution in [2.45, 2.75) is 25.4 Å². The molecule has 3 heterocycles. The van der Waals surface area contributed by atoms with E-state index in [1.165, 1.54) is 4.88 Å². The van der Waals surface area contributed by atoms with Gasteiger partial charge in [0.1, 0.15) is 0 Å². The third-order valence-corrected chi connectivity index (χ3v) is 5.78. The van der Waals surface area contributed by atoms with Gasteiger partial charge in [-0.05, 0) is 24.3 Å². The van der Waals surface area contributed by atoms with Gasteiger partial charge in [0.25, 0.3) is 0 Å². The summed E-state index contributed by atoms with van der Waals surface area (Å²) >= 11 is 1.80. The number of thiophene rings is 1. The molecule has 2 aliphatic rings.